The summed E-state index contributed by atoms with van der Waals surface area (Å²) in [4.78, 5) is 24.6. The molecule has 6 nitrogen and oxygen atoms in total. The number of allylic oxidation sites excluding steroid dienone is 5. The number of aliphatic hydroxyl groups is 2. The predicted octanol–water partition coefficient (Wildman–Crippen LogP) is 27.4. The molecule has 2 unspecified atom stereocenters. The number of carbonyl (C=O) groups excluding carboxylic acids is 2. The Bertz CT molecular complexity index is 1460. The third-order valence-corrected chi connectivity index (χ3v) is 19.4. The first-order valence-electron chi connectivity index (χ1n) is 41.3. The van der Waals surface area contributed by atoms with Crippen LogP contribution in [0.25, 0.3) is 0 Å². The van der Waals surface area contributed by atoms with Crippen molar-refractivity contribution in [2.75, 3.05) is 13.2 Å². The second kappa shape index (κ2) is 79.5. The molecule has 0 aromatic heterocycles. The topological polar surface area (TPSA) is 95.9 Å². The van der Waals surface area contributed by atoms with E-state index in [1.54, 1.807) is 6.08 Å². The third kappa shape index (κ3) is 75.1. The van der Waals surface area contributed by atoms with Gasteiger partial charge in [0.2, 0.25) is 5.91 Å². The molecule has 0 rings (SSSR count). The molecule has 0 aromatic rings. The summed E-state index contributed by atoms with van der Waals surface area (Å²) in [6, 6.07) is -0.626. The number of rotatable bonds is 78. The molecule has 532 valence electrons. The zero-order chi connectivity index (χ0) is 64.9. The summed E-state index contributed by atoms with van der Waals surface area (Å²) in [6.07, 6.45) is 104. The highest BCUT2D eigenvalue weighted by Crippen LogP contribution is 2.20. The lowest BCUT2D eigenvalue weighted by Crippen LogP contribution is -2.45. The van der Waals surface area contributed by atoms with E-state index in [0.717, 1.165) is 44.9 Å². The largest absolute Gasteiger partial charge is 0.466 e. The zero-order valence-corrected chi connectivity index (χ0v) is 61.1. The van der Waals surface area contributed by atoms with Crippen molar-refractivity contribution >= 4 is 11.9 Å². The van der Waals surface area contributed by atoms with Crippen molar-refractivity contribution in [1.29, 1.82) is 0 Å². The number of esters is 1. The van der Waals surface area contributed by atoms with Crippen LogP contribution in [-0.2, 0) is 14.3 Å². The molecule has 2 atom stereocenters. The van der Waals surface area contributed by atoms with Gasteiger partial charge in [-0.25, -0.2) is 0 Å². The van der Waals surface area contributed by atoms with E-state index in [1.807, 2.05) is 6.08 Å². The number of hydrogen-bond acceptors (Lipinski definition) is 5. The Kier molecular flexibility index (Phi) is 77.8. The number of aliphatic hydroxyl groups excluding tert-OH is 2. The molecule has 3 N–H and O–H groups in total. The van der Waals surface area contributed by atoms with Crippen LogP contribution in [0.2, 0.25) is 0 Å². The molecule has 0 aliphatic rings. The minimum atomic E-state index is -0.843. The van der Waals surface area contributed by atoms with Gasteiger partial charge in [-0.3, -0.25) is 9.59 Å². The van der Waals surface area contributed by atoms with Gasteiger partial charge < -0.3 is 20.3 Å². The molecule has 90 heavy (non-hydrogen) atoms. The van der Waals surface area contributed by atoms with Gasteiger partial charge in [-0.05, 0) is 64.2 Å². The van der Waals surface area contributed by atoms with Crippen LogP contribution in [0, 0.1) is 0 Å². The van der Waals surface area contributed by atoms with Gasteiger partial charge in [0.05, 0.1) is 25.4 Å². The minimum Gasteiger partial charge on any atom is -0.466 e. The van der Waals surface area contributed by atoms with Gasteiger partial charge >= 0.3 is 5.97 Å². The highest BCUT2D eigenvalue weighted by atomic mass is 16.5. The Morgan fingerprint density at radius 3 is 0.844 bits per heavy atom. The maximum atomic E-state index is 12.5. The van der Waals surface area contributed by atoms with E-state index in [4.69, 9.17) is 4.74 Å². The highest BCUT2D eigenvalue weighted by Gasteiger charge is 2.18. The van der Waals surface area contributed by atoms with Crippen LogP contribution in [0.1, 0.15) is 463 Å². The minimum absolute atomic E-state index is 0.0244. The van der Waals surface area contributed by atoms with Crippen LogP contribution in [-0.4, -0.2) is 47.4 Å². The summed E-state index contributed by atoms with van der Waals surface area (Å²) in [5.41, 5.74) is 0. The third-order valence-electron chi connectivity index (χ3n) is 19.4. The number of nitrogens with one attached hydrogen (secondary N) is 1. The maximum Gasteiger partial charge on any atom is 0.305 e. The average Bonchev–Trinajstić information content (AvgIpc) is 3.59. The molecule has 0 saturated carbocycles. The Balaban J connectivity index is 3.36. The molecular formula is C84H161NO5. The second-order valence-corrected chi connectivity index (χ2v) is 28.5. The Morgan fingerprint density at radius 1 is 0.311 bits per heavy atom. The first kappa shape index (κ1) is 88.1. The fourth-order valence-corrected chi connectivity index (χ4v) is 13.1. The highest BCUT2D eigenvalue weighted by molar-refractivity contribution is 5.76. The van der Waals surface area contributed by atoms with E-state index in [0.29, 0.717) is 19.4 Å². The van der Waals surface area contributed by atoms with Gasteiger partial charge in [0.25, 0.3) is 0 Å². The van der Waals surface area contributed by atoms with Crippen molar-refractivity contribution in [1.82, 2.24) is 5.32 Å². The van der Waals surface area contributed by atoms with Crippen LogP contribution in [0.5, 0.6) is 0 Å². The summed E-state index contributed by atoms with van der Waals surface area (Å²) < 4.78 is 5.51. The van der Waals surface area contributed by atoms with Crippen LogP contribution >= 0.6 is 0 Å². The lowest BCUT2D eigenvalue weighted by molar-refractivity contribution is -0.143. The van der Waals surface area contributed by atoms with Gasteiger partial charge in [-0.2, -0.15) is 0 Å². The van der Waals surface area contributed by atoms with Crippen molar-refractivity contribution in [3.8, 4) is 0 Å². The molecule has 0 saturated heterocycles. The molecule has 0 aliphatic carbocycles. The summed E-state index contributed by atoms with van der Waals surface area (Å²) in [5.74, 6) is -0.0366. The van der Waals surface area contributed by atoms with Crippen LogP contribution < -0.4 is 5.32 Å². The quantitative estimate of drug-likeness (QED) is 0.0320. The molecule has 0 aliphatic heterocycles. The number of unbranched alkanes of at least 4 members (excludes halogenated alkanes) is 63. The molecular weight excluding hydrogens is 1100 g/mol. The first-order chi connectivity index (χ1) is 44.5. The van der Waals surface area contributed by atoms with E-state index in [2.05, 4.69) is 43.5 Å². The van der Waals surface area contributed by atoms with E-state index in [1.165, 1.54) is 392 Å². The Hall–Kier alpha value is -1.92. The lowest BCUT2D eigenvalue weighted by Gasteiger charge is -2.20. The number of ether oxygens (including phenoxy) is 1. The number of hydrogen-bond donors (Lipinski definition) is 3. The maximum absolute atomic E-state index is 12.5. The zero-order valence-electron chi connectivity index (χ0n) is 61.1. The normalized spacial score (nSPS) is 12.6. The van der Waals surface area contributed by atoms with Crippen molar-refractivity contribution in [3.63, 3.8) is 0 Å². The van der Waals surface area contributed by atoms with Crippen LogP contribution in [0.3, 0.4) is 0 Å². The predicted molar refractivity (Wildman–Crippen MR) is 398 cm³/mol. The smallest absolute Gasteiger partial charge is 0.305 e. The van der Waals surface area contributed by atoms with Crippen LogP contribution in [0.4, 0.5) is 0 Å². The van der Waals surface area contributed by atoms with Gasteiger partial charge in [-0.15, -0.1) is 0 Å². The first-order valence-corrected chi connectivity index (χ1v) is 41.3. The van der Waals surface area contributed by atoms with E-state index in [9.17, 15) is 19.8 Å². The molecule has 1 amide bonds. The number of amides is 1. The molecule has 0 bridgehead atoms. The molecule has 0 heterocycles. The molecule has 6 heteroatoms. The van der Waals surface area contributed by atoms with E-state index >= 15 is 0 Å². The standard InChI is InChI=1S/C84H161NO5/c1-3-5-7-9-11-13-15-17-19-21-45-48-52-56-60-64-68-72-76-82(87)81(80-86)85-83(88)77-73-69-65-61-57-53-49-46-43-41-39-37-35-33-31-29-27-25-23-22-24-26-28-30-32-34-36-38-40-42-44-47-51-55-59-63-67-71-75-79-90-84(89)78-74-70-66-62-58-54-50-20-18-16-14-12-10-8-6-4-2/h22-23,26,28,72,76,81-82,86-87H,3-21,24-25,27,29-71,73-75,77-80H2,1-2H3,(H,85,88)/b23-22-,28-26-,76-72+. The summed E-state index contributed by atoms with van der Waals surface area (Å²) in [5, 5.41) is 23.2. The molecule has 0 radical (unpaired) electrons. The second-order valence-electron chi connectivity index (χ2n) is 28.5. The van der Waals surface area contributed by atoms with E-state index in [-0.39, 0.29) is 18.5 Å². The molecule has 0 aromatic carbocycles. The Labute approximate surface area is 564 Å². The van der Waals surface area contributed by atoms with Gasteiger partial charge in [-0.1, -0.05) is 423 Å². The average molecular weight is 1270 g/mol. The SMILES string of the molecule is CCCCCCCCCCCCCCCCCC/C=C/C(O)C(CO)NC(=O)CCCCCCCCCCCCCCCCCCC/C=C\C/C=C\CCCCCCCCCCCCCCCCCOC(=O)CCCCCCCCCCCCCCCCCC. The monoisotopic (exact) mass is 1260 g/mol. The van der Waals surface area contributed by atoms with E-state index < -0.39 is 12.1 Å². The van der Waals surface area contributed by atoms with Gasteiger partial charge in [0.15, 0.2) is 0 Å². The van der Waals surface area contributed by atoms with Gasteiger partial charge in [0.1, 0.15) is 0 Å². The van der Waals surface area contributed by atoms with Crippen LogP contribution in [0.15, 0.2) is 36.5 Å². The summed E-state index contributed by atoms with van der Waals surface area (Å²) in [6.45, 7) is 4.96. The van der Waals surface area contributed by atoms with Crippen molar-refractivity contribution < 1.29 is 24.5 Å². The fraction of sp³-hybridized carbons (Fsp3) is 0.905. The summed E-state index contributed by atoms with van der Waals surface area (Å²) >= 11 is 0. The summed E-state index contributed by atoms with van der Waals surface area (Å²) in [7, 11) is 0. The fourth-order valence-electron chi connectivity index (χ4n) is 13.1. The van der Waals surface area contributed by atoms with Crippen molar-refractivity contribution in [2.45, 2.75) is 475 Å². The molecule has 0 spiro atoms. The van der Waals surface area contributed by atoms with Gasteiger partial charge in [0, 0.05) is 12.8 Å². The molecule has 0 fully saturated rings. The number of carbonyl (C=O) groups is 2. The Morgan fingerprint density at radius 2 is 0.556 bits per heavy atom. The van der Waals surface area contributed by atoms with Crippen molar-refractivity contribution in [2.24, 2.45) is 0 Å². The lowest BCUT2D eigenvalue weighted by atomic mass is 10.0. The van der Waals surface area contributed by atoms with Crippen molar-refractivity contribution in [3.05, 3.63) is 36.5 Å².